The second kappa shape index (κ2) is 11.5. The largest absolute Gasteiger partial charge is 0.480 e. The molecule has 4 N–H and O–H groups in total. The highest BCUT2D eigenvalue weighted by Gasteiger charge is 2.12. The van der Waals surface area contributed by atoms with Crippen molar-refractivity contribution in [2.75, 3.05) is 36.0 Å². The van der Waals surface area contributed by atoms with Gasteiger partial charge in [-0.3, -0.25) is 9.35 Å². The van der Waals surface area contributed by atoms with E-state index < -0.39 is 22.1 Å². The van der Waals surface area contributed by atoms with Crippen molar-refractivity contribution in [3.63, 3.8) is 0 Å². The SMILES string of the molecule is CS(=O)(=O)O.NC(Cc1ccc(N(CCCl)CCCl)cc1)C(=O)O. The van der Waals surface area contributed by atoms with E-state index in [9.17, 15) is 13.2 Å². The molecule has 1 rings (SSSR count). The Kier molecular flexibility index (Phi) is 11.0. The third kappa shape index (κ3) is 11.5. The molecule has 7 nitrogen and oxygen atoms in total. The molecule has 0 saturated carbocycles. The summed E-state index contributed by atoms with van der Waals surface area (Å²) in [5.74, 6) is 0.0698. The maximum atomic E-state index is 10.7. The number of carbonyl (C=O) groups is 1. The molecule has 0 radical (unpaired) electrons. The van der Waals surface area contributed by atoms with Gasteiger partial charge in [0.05, 0.1) is 6.26 Å². The molecule has 1 aromatic rings. The minimum Gasteiger partial charge on any atom is -0.480 e. The minimum absolute atomic E-state index is 0.320. The van der Waals surface area contributed by atoms with Crippen LogP contribution in [0, 0.1) is 0 Å². The van der Waals surface area contributed by atoms with Crippen molar-refractivity contribution < 1.29 is 22.9 Å². The Morgan fingerprint density at radius 1 is 1.21 bits per heavy atom. The minimum atomic E-state index is -3.67. The van der Waals surface area contributed by atoms with Crippen molar-refractivity contribution in [1.82, 2.24) is 0 Å². The van der Waals surface area contributed by atoms with E-state index in [0.29, 0.717) is 24.4 Å². The molecule has 0 aliphatic carbocycles. The molecule has 0 aliphatic rings. The highest BCUT2D eigenvalue weighted by Crippen LogP contribution is 2.16. The van der Waals surface area contributed by atoms with Gasteiger partial charge >= 0.3 is 5.97 Å². The van der Waals surface area contributed by atoms with Crippen LogP contribution in [0.25, 0.3) is 0 Å². The first-order valence-electron chi connectivity index (χ1n) is 6.95. The van der Waals surface area contributed by atoms with Crippen LogP contribution in [-0.4, -0.2) is 61.2 Å². The highest BCUT2D eigenvalue weighted by molar-refractivity contribution is 7.85. The van der Waals surface area contributed by atoms with Crippen molar-refractivity contribution in [1.29, 1.82) is 0 Å². The lowest BCUT2D eigenvalue weighted by Gasteiger charge is -2.23. The van der Waals surface area contributed by atoms with Gasteiger partial charge in [0.25, 0.3) is 10.1 Å². The van der Waals surface area contributed by atoms with Crippen LogP contribution in [-0.2, 0) is 21.3 Å². The summed E-state index contributed by atoms with van der Waals surface area (Å²) in [6.45, 7) is 1.45. The van der Waals surface area contributed by atoms with E-state index in [2.05, 4.69) is 4.90 Å². The van der Waals surface area contributed by atoms with E-state index in [0.717, 1.165) is 24.3 Å². The molecule has 0 aromatic heterocycles. The Hall–Kier alpha value is -1.06. The van der Waals surface area contributed by atoms with E-state index in [-0.39, 0.29) is 0 Å². The van der Waals surface area contributed by atoms with Gasteiger partial charge in [0.2, 0.25) is 0 Å². The van der Waals surface area contributed by atoms with E-state index >= 15 is 0 Å². The van der Waals surface area contributed by atoms with Crippen LogP contribution < -0.4 is 10.6 Å². The van der Waals surface area contributed by atoms with Gasteiger partial charge in [-0.25, -0.2) is 0 Å². The zero-order valence-corrected chi connectivity index (χ0v) is 15.6. The number of rotatable bonds is 8. The second-order valence-electron chi connectivity index (χ2n) is 4.91. The first-order chi connectivity index (χ1) is 11.1. The summed E-state index contributed by atoms with van der Waals surface area (Å²) in [5.41, 5.74) is 7.42. The molecule has 1 atom stereocenters. The van der Waals surface area contributed by atoms with Crippen molar-refractivity contribution in [2.24, 2.45) is 5.73 Å². The predicted octanol–water partition coefficient (Wildman–Crippen LogP) is 1.43. The summed E-state index contributed by atoms with van der Waals surface area (Å²) in [5, 5.41) is 8.76. The molecule has 1 aromatic carbocycles. The third-order valence-electron chi connectivity index (χ3n) is 2.78. The van der Waals surface area contributed by atoms with Crippen molar-refractivity contribution in [2.45, 2.75) is 12.5 Å². The average Bonchev–Trinajstić information content (AvgIpc) is 2.46. The van der Waals surface area contributed by atoms with Gasteiger partial charge in [0, 0.05) is 30.5 Å². The molecule has 0 aliphatic heterocycles. The molecule has 10 heteroatoms. The maximum Gasteiger partial charge on any atom is 0.320 e. The molecular weight excluding hydrogens is 379 g/mol. The number of hydrogen-bond donors (Lipinski definition) is 3. The molecular formula is C14H22Cl2N2O5S. The Bertz CT molecular complexity index is 582. The summed E-state index contributed by atoms with van der Waals surface area (Å²) in [6, 6.07) is 6.76. The highest BCUT2D eigenvalue weighted by atomic mass is 35.5. The Morgan fingerprint density at radius 3 is 1.96 bits per heavy atom. The maximum absolute atomic E-state index is 10.7. The Balaban J connectivity index is 0.000000922. The molecule has 0 bridgehead atoms. The van der Waals surface area contributed by atoms with Gasteiger partial charge in [0.1, 0.15) is 6.04 Å². The van der Waals surface area contributed by atoms with E-state index in [1.54, 1.807) is 0 Å². The average molecular weight is 401 g/mol. The lowest BCUT2D eigenvalue weighted by molar-refractivity contribution is -0.138. The Morgan fingerprint density at radius 2 is 1.62 bits per heavy atom. The number of halogens is 2. The van der Waals surface area contributed by atoms with Gasteiger partial charge < -0.3 is 15.7 Å². The quantitative estimate of drug-likeness (QED) is 0.445. The zero-order chi connectivity index (χ0) is 18.8. The fourth-order valence-electron chi connectivity index (χ4n) is 1.76. The van der Waals surface area contributed by atoms with E-state index in [4.69, 9.17) is 38.6 Å². The number of alkyl halides is 2. The summed E-state index contributed by atoms with van der Waals surface area (Å²) in [6.07, 6.45) is 1.04. The van der Waals surface area contributed by atoms with E-state index in [1.807, 2.05) is 24.3 Å². The summed E-state index contributed by atoms with van der Waals surface area (Å²) in [7, 11) is -3.67. The van der Waals surface area contributed by atoms with Gasteiger partial charge in [-0.1, -0.05) is 12.1 Å². The van der Waals surface area contributed by atoms with Crippen molar-refractivity contribution >= 4 is 45.0 Å². The van der Waals surface area contributed by atoms with Crippen LogP contribution in [0.2, 0.25) is 0 Å². The smallest absolute Gasteiger partial charge is 0.320 e. The number of anilines is 1. The zero-order valence-electron chi connectivity index (χ0n) is 13.2. The number of nitrogens with zero attached hydrogens (tertiary/aromatic N) is 1. The third-order valence-corrected chi connectivity index (χ3v) is 3.12. The van der Waals surface area contributed by atoms with Gasteiger partial charge in [-0.2, -0.15) is 8.42 Å². The fourth-order valence-corrected chi connectivity index (χ4v) is 2.17. The monoisotopic (exact) mass is 400 g/mol. The van der Waals surface area contributed by atoms with Crippen molar-refractivity contribution in [3.8, 4) is 0 Å². The fraction of sp³-hybridized carbons (Fsp3) is 0.500. The van der Waals surface area contributed by atoms with Gasteiger partial charge in [-0.15, -0.1) is 23.2 Å². The van der Waals surface area contributed by atoms with Crippen LogP contribution in [0.15, 0.2) is 24.3 Å². The van der Waals surface area contributed by atoms with Crippen LogP contribution >= 0.6 is 23.2 Å². The number of nitrogens with two attached hydrogens (primary N) is 1. The lowest BCUT2D eigenvalue weighted by atomic mass is 10.1. The lowest BCUT2D eigenvalue weighted by Crippen LogP contribution is -2.32. The molecule has 1 unspecified atom stereocenters. The number of aliphatic carboxylic acids is 1. The van der Waals surface area contributed by atoms with Crippen LogP contribution in [0.3, 0.4) is 0 Å². The molecule has 24 heavy (non-hydrogen) atoms. The normalized spacial score (nSPS) is 12.0. The Labute approximate surface area is 152 Å². The number of benzene rings is 1. The first-order valence-corrected chi connectivity index (χ1v) is 9.87. The molecule has 0 fully saturated rings. The van der Waals surface area contributed by atoms with Gasteiger partial charge in [-0.05, 0) is 24.1 Å². The second-order valence-corrected chi connectivity index (χ2v) is 7.14. The summed E-state index contributed by atoms with van der Waals surface area (Å²) < 4.78 is 25.9. The van der Waals surface area contributed by atoms with Crippen LogP contribution in [0.1, 0.15) is 5.56 Å². The predicted molar refractivity (Wildman–Crippen MR) is 96.9 cm³/mol. The molecule has 0 spiro atoms. The van der Waals surface area contributed by atoms with Crippen molar-refractivity contribution in [3.05, 3.63) is 29.8 Å². The number of carboxylic acid groups (broad SMARTS) is 1. The molecule has 0 amide bonds. The summed E-state index contributed by atoms with van der Waals surface area (Å²) >= 11 is 11.5. The molecule has 138 valence electrons. The number of carboxylic acids is 1. The van der Waals surface area contributed by atoms with E-state index in [1.165, 1.54) is 0 Å². The molecule has 0 saturated heterocycles. The van der Waals surface area contributed by atoms with Gasteiger partial charge in [0.15, 0.2) is 0 Å². The summed E-state index contributed by atoms with van der Waals surface area (Å²) in [4.78, 5) is 12.8. The number of hydrogen-bond acceptors (Lipinski definition) is 5. The van der Waals surface area contributed by atoms with Crippen LogP contribution in [0.4, 0.5) is 5.69 Å². The molecule has 0 heterocycles. The van der Waals surface area contributed by atoms with Crippen LogP contribution in [0.5, 0.6) is 0 Å². The topological polar surface area (TPSA) is 121 Å². The first kappa shape index (κ1) is 22.9. The standard InChI is InChI=1S/C13H18Cl2N2O2.CH4O3S/c14-5-7-17(8-6-15)11-3-1-10(2-4-11)9-12(16)13(18)19;1-5(2,3)4/h1-4,12H,5-9,16H2,(H,18,19);1H3,(H,2,3,4).